The predicted octanol–water partition coefficient (Wildman–Crippen LogP) is 3.46. The number of unbranched alkanes of at least 4 members (excludes halogenated alkanes) is 1. The first-order valence-electron chi connectivity index (χ1n) is 8.84. The second kappa shape index (κ2) is 9.56. The first-order chi connectivity index (χ1) is 11.3. The quantitative estimate of drug-likeness (QED) is 0.645. The Hall–Kier alpha value is -1.55. The molecule has 2 unspecified atom stereocenters. The third-order valence-corrected chi connectivity index (χ3v) is 4.52. The molecule has 0 radical (unpaired) electrons. The van der Waals surface area contributed by atoms with Crippen LogP contribution in [0.25, 0.3) is 0 Å². The highest BCUT2D eigenvalue weighted by atomic mass is 16.5. The molecular weight excluding hydrogens is 286 g/mol. The maximum absolute atomic E-state index is 6.07. The van der Waals surface area contributed by atoms with Crippen molar-refractivity contribution in [1.82, 2.24) is 10.2 Å². The summed E-state index contributed by atoms with van der Waals surface area (Å²) in [6, 6.07) is 10.6. The molecule has 0 spiro atoms. The summed E-state index contributed by atoms with van der Waals surface area (Å²) in [5.41, 5.74) is 1.29. The Morgan fingerprint density at radius 1 is 1.35 bits per heavy atom. The molecule has 4 heteroatoms. The Morgan fingerprint density at radius 2 is 2.13 bits per heavy atom. The van der Waals surface area contributed by atoms with E-state index in [0.717, 1.165) is 32.1 Å². The molecule has 1 aliphatic rings. The molecule has 23 heavy (non-hydrogen) atoms. The number of nitrogens with one attached hydrogen (secondary N) is 1. The van der Waals surface area contributed by atoms with E-state index in [9.17, 15) is 0 Å². The highest BCUT2D eigenvalue weighted by Crippen LogP contribution is 2.33. The standard InChI is InChI=1S/C19H31N3O/c1-4-5-13-22(3)19(20-2)21-15-17-12-9-14-23-18(17)16-10-7-6-8-11-16/h6-8,10-11,17-18H,4-5,9,12-15H2,1-3H3,(H,20,21). The van der Waals surface area contributed by atoms with Crippen LogP contribution >= 0.6 is 0 Å². The van der Waals surface area contributed by atoms with Gasteiger partial charge in [0.15, 0.2) is 5.96 Å². The molecule has 1 saturated heterocycles. The van der Waals surface area contributed by atoms with E-state index < -0.39 is 0 Å². The molecule has 0 saturated carbocycles. The van der Waals surface area contributed by atoms with Crippen LogP contribution in [-0.2, 0) is 4.74 Å². The Labute approximate surface area is 140 Å². The smallest absolute Gasteiger partial charge is 0.193 e. The number of guanidine groups is 1. The zero-order valence-corrected chi connectivity index (χ0v) is 14.8. The monoisotopic (exact) mass is 317 g/mol. The summed E-state index contributed by atoms with van der Waals surface area (Å²) in [5, 5.41) is 3.54. The molecule has 0 amide bonds. The Morgan fingerprint density at radius 3 is 2.83 bits per heavy atom. The van der Waals surface area contributed by atoms with E-state index in [1.54, 1.807) is 0 Å². The van der Waals surface area contributed by atoms with Crippen molar-refractivity contribution < 1.29 is 4.74 Å². The number of nitrogens with zero attached hydrogens (tertiary/aromatic N) is 2. The van der Waals surface area contributed by atoms with Crippen molar-refractivity contribution in [2.75, 3.05) is 33.8 Å². The van der Waals surface area contributed by atoms with Crippen LogP contribution in [0.4, 0.5) is 0 Å². The molecule has 1 aliphatic heterocycles. The first-order valence-corrected chi connectivity index (χ1v) is 8.84. The molecule has 1 aromatic rings. The van der Waals surface area contributed by atoms with Crippen LogP contribution in [0.5, 0.6) is 0 Å². The van der Waals surface area contributed by atoms with Gasteiger partial charge >= 0.3 is 0 Å². The maximum Gasteiger partial charge on any atom is 0.193 e. The summed E-state index contributed by atoms with van der Waals surface area (Å²) in [6.07, 6.45) is 4.92. The fourth-order valence-corrected chi connectivity index (χ4v) is 3.17. The predicted molar refractivity (Wildman–Crippen MR) is 96.8 cm³/mol. The van der Waals surface area contributed by atoms with Crippen molar-refractivity contribution in [3.8, 4) is 0 Å². The highest BCUT2D eigenvalue weighted by molar-refractivity contribution is 5.79. The van der Waals surface area contributed by atoms with Crippen molar-refractivity contribution in [3.63, 3.8) is 0 Å². The van der Waals surface area contributed by atoms with E-state index in [0.29, 0.717) is 5.92 Å². The van der Waals surface area contributed by atoms with Crippen LogP contribution < -0.4 is 5.32 Å². The van der Waals surface area contributed by atoms with Crippen LogP contribution in [-0.4, -0.2) is 44.7 Å². The zero-order chi connectivity index (χ0) is 16.5. The van der Waals surface area contributed by atoms with Crippen LogP contribution in [0, 0.1) is 5.92 Å². The molecule has 4 nitrogen and oxygen atoms in total. The SMILES string of the molecule is CCCCN(C)C(=NC)NCC1CCCOC1c1ccccc1. The average Bonchev–Trinajstić information content (AvgIpc) is 2.61. The molecular formula is C19H31N3O. The Balaban J connectivity index is 1.94. The van der Waals surface area contributed by atoms with Gasteiger partial charge in [0.1, 0.15) is 0 Å². The van der Waals surface area contributed by atoms with E-state index in [4.69, 9.17) is 4.74 Å². The van der Waals surface area contributed by atoms with Gasteiger partial charge in [-0.05, 0) is 24.8 Å². The minimum absolute atomic E-state index is 0.191. The third kappa shape index (κ3) is 5.24. The van der Waals surface area contributed by atoms with Gasteiger partial charge in [-0.1, -0.05) is 43.7 Å². The van der Waals surface area contributed by atoms with Crippen LogP contribution in [0.1, 0.15) is 44.3 Å². The number of hydrogen-bond donors (Lipinski definition) is 1. The van der Waals surface area contributed by atoms with Crippen molar-refractivity contribution in [2.24, 2.45) is 10.9 Å². The van der Waals surface area contributed by atoms with Crippen molar-refractivity contribution >= 4 is 5.96 Å². The molecule has 1 N–H and O–H groups in total. The fourth-order valence-electron chi connectivity index (χ4n) is 3.17. The summed E-state index contributed by atoms with van der Waals surface area (Å²) in [7, 11) is 3.97. The normalized spacial score (nSPS) is 22.0. The third-order valence-electron chi connectivity index (χ3n) is 4.52. The highest BCUT2D eigenvalue weighted by Gasteiger charge is 2.27. The van der Waals surface area contributed by atoms with E-state index >= 15 is 0 Å². The maximum atomic E-state index is 6.07. The number of hydrogen-bond acceptors (Lipinski definition) is 2. The minimum Gasteiger partial charge on any atom is -0.373 e. The molecule has 1 heterocycles. The molecule has 2 rings (SSSR count). The molecule has 0 aliphatic carbocycles. The summed E-state index contributed by atoms with van der Waals surface area (Å²) >= 11 is 0. The topological polar surface area (TPSA) is 36.9 Å². The molecule has 0 aromatic heterocycles. The second-order valence-electron chi connectivity index (χ2n) is 6.31. The molecule has 1 fully saturated rings. The lowest BCUT2D eigenvalue weighted by Gasteiger charge is -2.33. The van der Waals surface area contributed by atoms with E-state index in [2.05, 4.69) is 59.5 Å². The first kappa shape index (κ1) is 17.8. The van der Waals surface area contributed by atoms with Crippen LogP contribution in [0.3, 0.4) is 0 Å². The lowest BCUT2D eigenvalue weighted by Crippen LogP contribution is -2.43. The number of benzene rings is 1. The van der Waals surface area contributed by atoms with Crippen molar-refractivity contribution in [3.05, 3.63) is 35.9 Å². The molecule has 2 atom stereocenters. The van der Waals surface area contributed by atoms with Gasteiger partial charge in [0, 0.05) is 39.7 Å². The fraction of sp³-hybridized carbons (Fsp3) is 0.632. The summed E-state index contributed by atoms with van der Waals surface area (Å²) in [6.45, 7) is 5.02. The van der Waals surface area contributed by atoms with Crippen LogP contribution in [0.2, 0.25) is 0 Å². The summed E-state index contributed by atoms with van der Waals surface area (Å²) in [5.74, 6) is 1.47. The van der Waals surface area contributed by atoms with E-state index in [-0.39, 0.29) is 6.10 Å². The average molecular weight is 317 g/mol. The van der Waals surface area contributed by atoms with Gasteiger partial charge in [0.05, 0.1) is 6.10 Å². The Bertz CT molecular complexity index is 475. The number of rotatable bonds is 6. The van der Waals surface area contributed by atoms with Crippen LogP contribution in [0.15, 0.2) is 35.3 Å². The largest absolute Gasteiger partial charge is 0.373 e. The number of ether oxygens (including phenoxy) is 1. The minimum atomic E-state index is 0.191. The van der Waals surface area contributed by atoms with E-state index in [1.807, 2.05) is 7.05 Å². The lowest BCUT2D eigenvalue weighted by atomic mass is 9.89. The summed E-state index contributed by atoms with van der Waals surface area (Å²) in [4.78, 5) is 6.63. The second-order valence-corrected chi connectivity index (χ2v) is 6.31. The lowest BCUT2D eigenvalue weighted by molar-refractivity contribution is -0.0266. The summed E-state index contributed by atoms with van der Waals surface area (Å²) < 4.78 is 6.07. The van der Waals surface area contributed by atoms with Gasteiger partial charge in [-0.3, -0.25) is 4.99 Å². The van der Waals surface area contributed by atoms with E-state index in [1.165, 1.54) is 24.8 Å². The molecule has 0 bridgehead atoms. The zero-order valence-electron chi connectivity index (χ0n) is 14.8. The van der Waals surface area contributed by atoms with Gasteiger partial charge in [0.2, 0.25) is 0 Å². The Kier molecular flexibility index (Phi) is 7.40. The molecule has 1 aromatic carbocycles. The number of aliphatic imine (C=N–C) groups is 1. The van der Waals surface area contributed by atoms with Crippen molar-refractivity contribution in [2.45, 2.75) is 38.7 Å². The van der Waals surface area contributed by atoms with Gasteiger partial charge in [-0.15, -0.1) is 0 Å². The van der Waals surface area contributed by atoms with Gasteiger partial charge in [-0.2, -0.15) is 0 Å². The molecule has 128 valence electrons. The van der Waals surface area contributed by atoms with Gasteiger partial charge in [0.25, 0.3) is 0 Å². The van der Waals surface area contributed by atoms with Crippen molar-refractivity contribution in [1.29, 1.82) is 0 Å². The van der Waals surface area contributed by atoms with Gasteiger partial charge in [-0.25, -0.2) is 0 Å². The van der Waals surface area contributed by atoms with Gasteiger partial charge < -0.3 is 15.0 Å².